The van der Waals surface area contributed by atoms with Gasteiger partial charge in [-0.05, 0) is 19.8 Å². The molecular formula is C10H15F6NO. The zero-order valence-electron chi connectivity index (χ0n) is 9.81. The van der Waals surface area contributed by atoms with E-state index in [1.165, 1.54) is 11.8 Å². The first-order valence-corrected chi connectivity index (χ1v) is 5.65. The first kappa shape index (κ1) is 15.6. The van der Waals surface area contributed by atoms with E-state index < -0.39 is 24.7 Å². The van der Waals surface area contributed by atoms with E-state index >= 15 is 0 Å². The lowest BCUT2D eigenvalue weighted by Gasteiger charge is -2.35. The molecule has 18 heavy (non-hydrogen) atoms. The van der Waals surface area contributed by atoms with Crippen molar-refractivity contribution in [2.75, 3.05) is 13.1 Å². The van der Waals surface area contributed by atoms with Gasteiger partial charge in [-0.1, -0.05) is 6.42 Å². The number of nitrogens with zero attached hydrogens (tertiary/aromatic N) is 1. The average Bonchev–Trinajstić information content (AvgIpc) is 2.23. The van der Waals surface area contributed by atoms with Crippen molar-refractivity contribution in [1.29, 1.82) is 0 Å². The minimum Gasteiger partial charge on any atom is -0.342 e. The molecule has 0 amide bonds. The van der Waals surface area contributed by atoms with Gasteiger partial charge < -0.3 is 4.74 Å². The zero-order valence-corrected chi connectivity index (χ0v) is 9.81. The third-order valence-electron chi connectivity index (χ3n) is 2.83. The molecule has 2 nitrogen and oxygen atoms in total. The topological polar surface area (TPSA) is 12.5 Å². The molecule has 0 saturated carbocycles. The molecular weight excluding hydrogens is 264 g/mol. The van der Waals surface area contributed by atoms with Crippen molar-refractivity contribution in [3.63, 3.8) is 0 Å². The number of hydrogen-bond acceptors (Lipinski definition) is 2. The van der Waals surface area contributed by atoms with Gasteiger partial charge in [0, 0.05) is 13.1 Å². The standard InChI is InChI=1S/C10H15F6NO/c1-7(17-5-3-2-4-6-17)18-8(9(11,12)13)10(14,15)16/h7-8H,2-6H2,1H3. The molecule has 0 aromatic carbocycles. The van der Waals surface area contributed by atoms with E-state index in [4.69, 9.17) is 0 Å². The fourth-order valence-corrected chi connectivity index (χ4v) is 1.90. The minimum absolute atomic E-state index is 0.462. The highest BCUT2D eigenvalue weighted by atomic mass is 19.4. The van der Waals surface area contributed by atoms with Gasteiger partial charge in [-0.2, -0.15) is 26.3 Å². The van der Waals surface area contributed by atoms with E-state index in [0.717, 1.165) is 19.3 Å². The van der Waals surface area contributed by atoms with Crippen LogP contribution in [0.4, 0.5) is 26.3 Å². The number of halogens is 6. The number of piperidine rings is 1. The molecule has 0 spiro atoms. The van der Waals surface area contributed by atoms with Crippen molar-refractivity contribution in [3.8, 4) is 0 Å². The predicted molar refractivity (Wildman–Crippen MR) is 51.9 cm³/mol. The van der Waals surface area contributed by atoms with Crippen molar-refractivity contribution in [3.05, 3.63) is 0 Å². The maximum atomic E-state index is 12.3. The van der Waals surface area contributed by atoms with Crippen LogP contribution in [0.2, 0.25) is 0 Å². The number of alkyl halides is 6. The lowest BCUT2D eigenvalue weighted by Crippen LogP contribution is -2.50. The molecule has 1 aliphatic rings. The second-order valence-electron chi connectivity index (χ2n) is 4.30. The highest BCUT2D eigenvalue weighted by Crippen LogP contribution is 2.36. The third-order valence-corrected chi connectivity index (χ3v) is 2.83. The summed E-state index contributed by atoms with van der Waals surface area (Å²) in [6.45, 7) is 2.14. The molecule has 0 aliphatic carbocycles. The molecule has 1 saturated heterocycles. The van der Waals surface area contributed by atoms with E-state index in [1.807, 2.05) is 0 Å². The molecule has 1 unspecified atom stereocenters. The van der Waals surface area contributed by atoms with Crippen LogP contribution < -0.4 is 0 Å². The molecule has 1 atom stereocenters. The molecule has 108 valence electrons. The van der Waals surface area contributed by atoms with Crippen molar-refractivity contribution >= 4 is 0 Å². The van der Waals surface area contributed by atoms with Crippen LogP contribution in [0, 0.1) is 0 Å². The summed E-state index contributed by atoms with van der Waals surface area (Å²) in [6.07, 6.45) is -13.3. The average molecular weight is 279 g/mol. The zero-order chi connectivity index (χ0) is 14.0. The maximum Gasteiger partial charge on any atom is 0.423 e. The van der Waals surface area contributed by atoms with Gasteiger partial charge in [0.1, 0.15) is 6.23 Å². The molecule has 0 N–H and O–H groups in total. The van der Waals surface area contributed by atoms with E-state index in [1.54, 1.807) is 0 Å². The minimum atomic E-state index is -5.44. The Hall–Kier alpha value is -0.500. The Bertz CT molecular complexity index is 244. The van der Waals surface area contributed by atoms with E-state index in [2.05, 4.69) is 4.74 Å². The maximum absolute atomic E-state index is 12.3. The summed E-state index contributed by atoms with van der Waals surface area (Å²) < 4.78 is 77.9. The van der Waals surface area contributed by atoms with Crippen LogP contribution in [0.25, 0.3) is 0 Å². The molecule has 1 fully saturated rings. The first-order valence-electron chi connectivity index (χ1n) is 5.65. The van der Waals surface area contributed by atoms with Gasteiger partial charge in [0.2, 0.25) is 0 Å². The van der Waals surface area contributed by atoms with Gasteiger partial charge in [0.05, 0.1) is 0 Å². The molecule has 1 heterocycles. The summed E-state index contributed by atoms with van der Waals surface area (Å²) in [6, 6.07) is 0. The Balaban J connectivity index is 2.65. The smallest absolute Gasteiger partial charge is 0.342 e. The molecule has 1 aliphatic heterocycles. The summed E-state index contributed by atoms with van der Waals surface area (Å²) in [5.74, 6) is 0. The second kappa shape index (κ2) is 5.64. The van der Waals surface area contributed by atoms with Crippen molar-refractivity contribution in [2.24, 2.45) is 0 Å². The highest BCUT2D eigenvalue weighted by Gasteiger charge is 2.58. The molecule has 8 heteroatoms. The SMILES string of the molecule is CC(OC(C(F)(F)F)C(F)(F)F)N1CCCCC1. The van der Waals surface area contributed by atoms with Crippen molar-refractivity contribution in [2.45, 2.75) is 50.9 Å². The lowest BCUT2D eigenvalue weighted by molar-refractivity contribution is -0.339. The second-order valence-corrected chi connectivity index (χ2v) is 4.30. The van der Waals surface area contributed by atoms with Gasteiger partial charge >= 0.3 is 12.4 Å². The fourth-order valence-electron chi connectivity index (χ4n) is 1.90. The van der Waals surface area contributed by atoms with E-state index in [9.17, 15) is 26.3 Å². The summed E-state index contributed by atoms with van der Waals surface area (Å²) >= 11 is 0. The van der Waals surface area contributed by atoms with E-state index in [-0.39, 0.29) is 0 Å². The third kappa shape index (κ3) is 4.31. The highest BCUT2D eigenvalue weighted by molar-refractivity contribution is 4.78. The summed E-state index contributed by atoms with van der Waals surface area (Å²) in [5, 5.41) is 0. The summed E-state index contributed by atoms with van der Waals surface area (Å²) in [5.41, 5.74) is 0. The molecule has 0 aromatic rings. The Morgan fingerprint density at radius 1 is 0.889 bits per heavy atom. The van der Waals surface area contributed by atoms with Crippen LogP contribution in [0.1, 0.15) is 26.2 Å². The predicted octanol–water partition coefficient (Wildman–Crippen LogP) is 3.33. The van der Waals surface area contributed by atoms with Crippen LogP contribution >= 0.6 is 0 Å². The molecule has 0 radical (unpaired) electrons. The van der Waals surface area contributed by atoms with Gasteiger partial charge in [-0.3, -0.25) is 4.90 Å². The van der Waals surface area contributed by atoms with Crippen LogP contribution in [-0.2, 0) is 4.74 Å². The van der Waals surface area contributed by atoms with Gasteiger partial charge in [-0.25, -0.2) is 0 Å². The lowest BCUT2D eigenvalue weighted by atomic mass is 10.1. The molecule has 1 rings (SSSR count). The first-order chi connectivity index (χ1) is 8.12. The van der Waals surface area contributed by atoms with Crippen LogP contribution in [0.3, 0.4) is 0 Å². The van der Waals surface area contributed by atoms with Crippen LogP contribution in [-0.4, -0.2) is 42.7 Å². The summed E-state index contributed by atoms with van der Waals surface area (Å²) in [4.78, 5) is 1.49. The molecule has 0 bridgehead atoms. The Kier molecular flexibility index (Phi) is 4.88. The largest absolute Gasteiger partial charge is 0.423 e. The van der Waals surface area contributed by atoms with Gasteiger partial charge in [-0.15, -0.1) is 0 Å². The van der Waals surface area contributed by atoms with E-state index in [0.29, 0.717) is 13.1 Å². The van der Waals surface area contributed by atoms with Crippen molar-refractivity contribution < 1.29 is 31.1 Å². The van der Waals surface area contributed by atoms with Crippen molar-refractivity contribution in [1.82, 2.24) is 4.90 Å². The van der Waals surface area contributed by atoms with Crippen LogP contribution in [0.5, 0.6) is 0 Å². The Morgan fingerprint density at radius 3 is 1.72 bits per heavy atom. The number of ether oxygens (including phenoxy) is 1. The quantitative estimate of drug-likeness (QED) is 0.735. The molecule has 0 aromatic heterocycles. The summed E-state index contributed by atoms with van der Waals surface area (Å²) in [7, 11) is 0. The van der Waals surface area contributed by atoms with Crippen LogP contribution in [0.15, 0.2) is 0 Å². The number of rotatable bonds is 3. The number of hydrogen-bond donors (Lipinski definition) is 0. The number of likely N-dealkylation sites (tertiary alicyclic amines) is 1. The Morgan fingerprint density at radius 2 is 1.33 bits per heavy atom. The monoisotopic (exact) mass is 279 g/mol. The normalized spacial score (nSPS) is 21.3. The fraction of sp³-hybridized carbons (Fsp3) is 1.00. The Labute approximate surface area is 101 Å². The van der Waals surface area contributed by atoms with Gasteiger partial charge in [0.15, 0.2) is 0 Å². The van der Waals surface area contributed by atoms with Gasteiger partial charge in [0.25, 0.3) is 6.10 Å².